The van der Waals surface area contributed by atoms with Gasteiger partial charge in [0.2, 0.25) is 5.91 Å². The Bertz CT molecular complexity index is 896. The molecule has 0 spiro atoms. The molecule has 2 saturated carbocycles. The van der Waals surface area contributed by atoms with Crippen molar-refractivity contribution < 1.29 is 9.59 Å². The van der Waals surface area contributed by atoms with Gasteiger partial charge in [0.05, 0.1) is 15.7 Å². The van der Waals surface area contributed by atoms with Gasteiger partial charge in [-0.15, -0.1) is 11.3 Å². The summed E-state index contributed by atoms with van der Waals surface area (Å²) in [5, 5.41) is 9.22. The van der Waals surface area contributed by atoms with Gasteiger partial charge in [-0.25, -0.2) is 4.98 Å². The van der Waals surface area contributed by atoms with E-state index in [9.17, 15) is 9.59 Å². The van der Waals surface area contributed by atoms with Gasteiger partial charge in [-0.2, -0.15) is 0 Å². The molecule has 0 saturated heterocycles. The van der Waals surface area contributed by atoms with Gasteiger partial charge in [-0.1, -0.05) is 29.3 Å². The summed E-state index contributed by atoms with van der Waals surface area (Å²) in [6, 6.07) is 5.84. The van der Waals surface area contributed by atoms with Crippen molar-refractivity contribution in [2.45, 2.75) is 44.2 Å². The van der Waals surface area contributed by atoms with Crippen LogP contribution < -0.4 is 10.6 Å². The van der Waals surface area contributed by atoms with Crippen LogP contribution in [0.25, 0.3) is 0 Å². The zero-order chi connectivity index (χ0) is 19.7. The van der Waals surface area contributed by atoms with Gasteiger partial charge in [-0.05, 0) is 37.8 Å². The molecular formula is C19H20Cl2N4O2S. The highest BCUT2D eigenvalue weighted by atomic mass is 35.5. The van der Waals surface area contributed by atoms with Gasteiger partial charge < -0.3 is 15.5 Å². The molecule has 2 fully saturated rings. The van der Waals surface area contributed by atoms with E-state index in [0.29, 0.717) is 45.6 Å². The fraction of sp³-hybridized carbons (Fsp3) is 0.421. The summed E-state index contributed by atoms with van der Waals surface area (Å²) in [4.78, 5) is 31.1. The largest absolute Gasteiger partial charge is 0.353 e. The molecule has 2 amide bonds. The lowest BCUT2D eigenvalue weighted by atomic mass is 10.3. The number of amides is 2. The van der Waals surface area contributed by atoms with E-state index in [4.69, 9.17) is 23.2 Å². The molecule has 0 aliphatic heterocycles. The van der Waals surface area contributed by atoms with Gasteiger partial charge in [0, 0.05) is 30.4 Å². The van der Waals surface area contributed by atoms with Crippen LogP contribution in [0, 0.1) is 0 Å². The summed E-state index contributed by atoms with van der Waals surface area (Å²) in [7, 11) is 0. The molecule has 6 nitrogen and oxygen atoms in total. The van der Waals surface area contributed by atoms with Crippen LogP contribution in [0.1, 0.15) is 42.6 Å². The minimum atomic E-state index is -0.136. The number of rotatable bonds is 8. The average molecular weight is 439 g/mol. The summed E-state index contributed by atoms with van der Waals surface area (Å²) in [5.74, 6) is -0.125. The lowest BCUT2D eigenvalue weighted by Gasteiger charge is -2.21. The number of anilines is 2. The highest BCUT2D eigenvalue weighted by molar-refractivity contribution is 7.14. The summed E-state index contributed by atoms with van der Waals surface area (Å²) >= 11 is 13.6. The Kier molecular flexibility index (Phi) is 5.75. The second-order valence-corrected chi connectivity index (χ2v) is 8.73. The number of nitrogens with zero attached hydrogens (tertiary/aromatic N) is 2. The molecule has 0 atom stereocenters. The number of aromatic nitrogens is 1. The third-order valence-electron chi connectivity index (χ3n) is 4.69. The van der Waals surface area contributed by atoms with E-state index >= 15 is 0 Å². The van der Waals surface area contributed by atoms with Crippen LogP contribution in [0.15, 0.2) is 23.6 Å². The second-order valence-electron chi connectivity index (χ2n) is 7.09. The summed E-state index contributed by atoms with van der Waals surface area (Å²) in [5.41, 5.74) is 1.01. The van der Waals surface area contributed by atoms with Crippen molar-refractivity contribution in [3.8, 4) is 0 Å². The first-order valence-corrected chi connectivity index (χ1v) is 10.9. The van der Waals surface area contributed by atoms with Crippen molar-refractivity contribution in [3.05, 3.63) is 39.3 Å². The maximum Gasteiger partial charge on any atom is 0.273 e. The SMILES string of the molecule is O=C(CCN(C(=O)c1csc(Nc2cccc(Cl)c2Cl)n1)C1CC1)NC1CC1. The molecule has 2 aliphatic carbocycles. The van der Waals surface area contributed by atoms with Crippen molar-refractivity contribution in [1.82, 2.24) is 15.2 Å². The Morgan fingerprint density at radius 1 is 1.21 bits per heavy atom. The maximum atomic E-state index is 12.9. The Labute approximate surface area is 177 Å². The van der Waals surface area contributed by atoms with E-state index in [-0.39, 0.29) is 17.9 Å². The molecule has 0 radical (unpaired) electrons. The Morgan fingerprint density at radius 3 is 2.71 bits per heavy atom. The summed E-state index contributed by atoms with van der Waals surface area (Å²) < 4.78 is 0. The van der Waals surface area contributed by atoms with Crippen LogP contribution in [0.2, 0.25) is 10.0 Å². The highest BCUT2D eigenvalue weighted by Crippen LogP contribution is 2.33. The predicted molar refractivity (Wildman–Crippen MR) is 112 cm³/mol. The lowest BCUT2D eigenvalue weighted by molar-refractivity contribution is -0.121. The average Bonchev–Trinajstić information content (AvgIpc) is 3.60. The predicted octanol–water partition coefficient (Wildman–Crippen LogP) is 4.47. The van der Waals surface area contributed by atoms with E-state index < -0.39 is 0 Å². The van der Waals surface area contributed by atoms with E-state index in [1.807, 2.05) is 0 Å². The minimum absolute atomic E-state index is 0.0113. The van der Waals surface area contributed by atoms with Gasteiger partial charge >= 0.3 is 0 Å². The Hall–Kier alpha value is -1.83. The first-order valence-electron chi connectivity index (χ1n) is 9.28. The van der Waals surface area contributed by atoms with Crippen molar-refractivity contribution in [1.29, 1.82) is 0 Å². The van der Waals surface area contributed by atoms with Crippen LogP contribution in [-0.4, -0.2) is 40.3 Å². The number of carbonyl (C=O) groups excluding carboxylic acids is 2. The fourth-order valence-electron chi connectivity index (χ4n) is 2.88. The molecule has 1 aromatic carbocycles. The van der Waals surface area contributed by atoms with Crippen molar-refractivity contribution >= 4 is 57.2 Å². The fourth-order valence-corrected chi connectivity index (χ4v) is 3.92. The molecule has 2 N–H and O–H groups in total. The third kappa shape index (κ3) is 4.77. The molecule has 1 heterocycles. The number of hydrogen-bond acceptors (Lipinski definition) is 5. The summed E-state index contributed by atoms with van der Waals surface area (Å²) in [6.07, 6.45) is 4.39. The number of nitrogens with one attached hydrogen (secondary N) is 2. The van der Waals surface area contributed by atoms with E-state index in [1.54, 1.807) is 28.5 Å². The topological polar surface area (TPSA) is 74.3 Å². The monoisotopic (exact) mass is 438 g/mol. The quantitative estimate of drug-likeness (QED) is 0.637. The van der Waals surface area contributed by atoms with Gasteiger partial charge in [-0.3, -0.25) is 9.59 Å². The standard InChI is InChI=1S/C19H20Cl2N4O2S/c20-13-2-1-3-14(17(13)21)23-19-24-15(10-28-19)18(27)25(12-6-7-12)9-8-16(26)22-11-4-5-11/h1-3,10-12H,4-9H2,(H,22,26)(H,23,24). The Morgan fingerprint density at radius 2 is 2.00 bits per heavy atom. The molecule has 1 aromatic heterocycles. The molecule has 4 rings (SSSR count). The number of halogens is 2. The third-order valence-corrected chi connectivity index (χ3v) is 6.26. The smallest absolute Gasteiger partial charge is 0.273 e. The van der Waals surface area contributed by atoms with Crippen LogP contribution in [-0.2, 0) is 4.79 Å². The van der Waals surface area contributed by atoms with Crippen LogP contribution in [0.4, 0.5) is 10.8 Å². The lowest BCUT2D eigenvalue weighted by Crippen LogP contribution is -2.37. The molecule has 9 heteroatoms. The normalized spacial score (nSPS) is 15.9. The highest BCUT2D eigenvalue weighted by Gasteiger charge is 2.34. The van der Waals surface area contributed by atoms with Crippen LogP contribution in [0.3, 0.4) is 0 Å². The van der Waals surface area contributed by atoms with Crippen LogP contribution >= 0.6 is 34.5 Å². The number of thiazole rings is 1. The van der Waals surface area contributed by atoms with E-state index in [0.717, 1.165) is 25.7 Å². The number of carbonyl (C=O) groups is 2. The van der Waals surface area contributed by atoms with Gasteiger partial charge in [0.1, 0.15) is 5.69 Å². The van der Waals surface area contributed by atoms with E-state index in [1.165, 1.54) is 11.3 Å². The van der Waals surface area contributed by atoms with Gasteiger partial charge in [0.15, 0.2) is 5.13 Å². The zero-order valence-electron chi connectivity index (χ0n) is 15.1. The first kappa shape index (κ1) is 19.5. The number of hydrogen-bond donors (Lipinski definition) is 2. The molecule has 28 heavy (non-hydrogen) atoms. The molecular weight excluding hydrogens is 419 g/mol. The molecule has 0 unspecified atom stereocenters. The van der Waals surface area contributed by atoms with Crippen molar-refractivity contribution in [2.24, 2.45) is 0 Å². The summed E-state index contributed by atoms with van der Waals surface area (Å²) in [6.45, 7) is 0.419. The van der Waals surface area contributed by atoms with Crippen molar-refractivity contribution in [2.75, 3.05) is 11.9 Å². The van der Waals surface area contributed by atoms with Crippen molar-refractivity contribution in [3.63, 3.8) is 0 Å². The molecule has 2 aromatic rings. The van der Waals surface area contributed by atoms with Crippen LogP contribution in [0.5, 0.6) is 0 Å². The second kappa shape index (κ2) is 8.27. The number of benzene rings is 1. The minimum Gasteiger partial charge on any atom is -0.353 e. The molecule has 0 bridgehead atoms. The van der Waals surface area contributed by atoms with Gasteiger partial charge in [0.25, 0.3) is 5.91 Å². The zero-order valence-corrected chi connectivity index (χ0v) is 17.4. The molecule has 2 aliphatic rings. The first-order chi connectivity index (χ1) is 13.5. The molecule has 148 valence electrons. The van der Waals surface area contributed by atoms with E-state index in [2.05, 4.69) is 15.6 Å². The maximum absolute atomic E-state index is 12.9. The Balaban J connectivity index is 1.40.